The molecule has 0 aliphatic carbocycles. The fourth-order valence-electron chi connectivity index (χ4n) is 3.61. The van der Waals surface area contributed by atoms with Gasteiger partial charge in [0.15, 0.2) is 0 Å². The number of carbonyl (C=O) groups excluding carboxylic acids is 3. The zero-order chi connectivity index (χ0) is 21.3. The smallest absolute Gasteiger partial charge is 0.328 e. The molecule has 0 saturated carbocycles. The van der Waals surface area contributed by atoms with Crippen LogP contribution in [0.15, 0.2) is 24.3 Å². The molecular formula is C19H22N4O6. The van der Waals surface area contributed by atoms with Gasteiger partial charge < -0.3 is 15.1 Å². The number of urea groups is 1. The van der Waals surface area contributed by atoms with Gasteiger partial charge in [-0.1, -0.05) is 12.1 Å². The molecule has 3 rings (SSSR count). The Bertz CT molecular complexity index is 946. The topological polar surface area (TPSA) is 137 Å². The first-order valence-electron chi connectivity index (χ1n) is 8.99. The Kier molecular flexibility index (Phi) is 5.55. The molecule has 1 aromatic heterocycles. The summed E-state index contributed by atoms with van der Waals surface area (Å²) in [7, 11) is 1.50. The SMILES string of the molecule is COc1ccc(C(c2n(CCO)c(C)c(C)[n+]2[O-])C2C(=O)NC(=O)NC2=O)cc1. The minimum Gasteiger partial charge on any atom is -0.711 e. The average molecular weight is 402 g/mol. The maximum Gasteiger partial charge on any atom is 0.328 e. The van der Waals surface area contributed by atoms with Crippen molar-refractivity contribution in [1.29, 1.82) is 0 Å². The Balaban J connectivity index is 2.24. The largest absolute Gasteiger partial charge is 0.711 e. The number of methoxy groups -OCH3 is 1. The summed E-state index contributed by atoms with van der Waals surface area (Å²) in [6.45, 7) is 3.21. The molecule has 10 nitrogen and oxygen atoms in total. The van der Waals surface area contributed by atoms with Gasteiger partial charge in [0.05, 0.1) is 13.7 Å². The quantitative estimate of drug-likeness (QED) is 0.349. The van der Waals surface area contributed by atoms with E-state index in [0.29, 0.717) is 27.4 Å². The second-order valence-electron chi connectivity index (χ2n) is 6.73. The summed E-state index contributed by atoms with van der Waals surface area (Å²) in [5.74, 6) is -3.26. The average Bonchev–Trinajstić information content (AvgIpc) is 2.89. The van der Waals surface area contributed by atoms with Gasteiger partial charge in [-0.2, -0.15) is 0 Å². The summed E-state index contributed by atoms with van der Waals surface area (Å²) in [6, 6.07) is 5.71. The molecule has 29 heavy (non-hydrogen) atoms. The highest BCUT2D eigenvalue weighted by Crippen LogP contribution is 2.34. The zero-order valence-electron chi connectivity index (χ0n) is 16.3. The van der Waals surface area contributed by atoms with Crippen molar-refractivity contribution in [3.63, 3.8) is 0 Å². The third-order valence-corrected chi connectivity index (χ3v) is 5.17. The van der Waals surface area contributed by atoms with Gasteiger partial charge in [-0.25, -0.2) is 14.1 Å². The van der Waals surface area contributed by atoms with Crippen molar-refractivity contribution >= 4 is 17.8 Å². The van der Waals surface area contributed by atoms with Crippen LogP contribution in [0.25, 0.3) is 0 Å². The maximum absolute atomic E-state index is 13.0. The number of nitrogens with one attached hydrogen (secondary N) is 2. The summed E-state index contributed by atoms with van der Waals surface area (Å²) in [4.78, 5) is 36.7. The summed E-state index contributed by atoms with van der Waals surface area (Å²) in [5.41, 5.74) is 1.51. The molecule has 1 aliphatic heterocycles. The van der Waals surface area contributed by atoms with Crippen LogP contribution in [0.5, 0.6) is 5.75 Å². The lowest BCUT2D eigenvalue weighted by Crippen LogP contribution is -2.58. The fraction of sp³-hybridized carbons (Fsp3) is 0.368. The van der Waals surface area contributed by atoms with E-state index in [9.17, 15) is 24.7 Å². The molecular weight excluding hydrogens is 380 g/mol. The molecule has 10 heteroatoms. The molecule has 154 valence electrons. The number of aromatic nitrogens is 2. The van der Waals surface area contributed by atoms with Gasteiger partial charge in [-0.15, -0.1) is 0 Å². The van der Waals surface area contributed by atoms with Crippen LogP contribution in [0.2, 0.25) is 0 Å². The second-order valence-corrected chi connectivity index (χ2v) is 6.73. The number of imide groups is 2. The Morgan fingerprint density at radius 1 is 1.17 bits per heavy atom. The Labute approximate surface area is 166 Å². The number of aliphatic hydroxyl groups is 1. The van der Waals surface area contributed by atoms with Crippen molar-refractivity contribution in [3.05, 3.63) is 52.2 Å². The van der Waals surface area contributed by atoms with E-state index < -0.39 is 29.7 Å². The molecule has 2 heterocycles. The van der Waals surface area contributed by atoms with Crippen molar-refractivity contribution in [2.45, 2.75) is 26.3 Å². The van der Waals surface area contributed by atoms with Crippen LogP contribution in [0.4, 0.5) is 4.79 Å². The molecule has 2 aromatic rings. The van der Waals surface area contributed by atoms with Crippen LogP contribution in [-0.4, -0.2) is 41.2 Å². The van der Waals surface area contributed by atoms with Gasteiger partial charge in [-0.3, -0.25) is 20.2 Å². The Hall–Kier alpha value is -3.40. The molecule has 1 aromatic carbocycles. The van der Waals surface area contributed by atoms with Crippen molar-refractivity contribution < 1.29 is 29.0 Å². The summed E-state index contributed by atoms with van der Waals surface area (Å²) in [6.07, 6.45) is 0. The molecule has 1 saturated heterocycles. The maximum atomic E-state index is 13.0. The van der Waals surface area contributed by atoms with Gasteiger partial charge in [0, 0.05) is 13.8 Å². The van der Waals surface area contributed by atoms with Crippen LogP contribution in [0.3, 0.4) is 0 Å². The third kappa shape index (κ3) is 3.54. The first-order chi connectivity index (χ1) is 13.8. The number of carbonyl (C=O) groups is 3. The Morgan fingerprint density at radius 3 is 2.28 bits per heavy atom. The molecule has 1 fully saturated rings. The number of rotatable bonds is 6. The van der Waals surface area contributed by atoms with E-state index in [4.69, 9.17) is 4.74 Å². The van der Waals surface area contributed by atoms with Gasteiger partial charge >= 0.3 is 6.03 Å². The van der Waals surface area contributed by atoms with Crippen LogP contribution in [0, 0.1) is 25.0 Å². The minimum absolute atomic E-state index is 0.110. The first-order valence-corrected chi connectivity index (χ1v) is 8.99. The van der Waals surface area contributed by atoms with Crippen molar-refractivity contribution in [1.82, 2.24) is 15.2 Å². The van der Waals surface area contributed by atoms with E-state index in [1.807, 2.05) is 0 Å². The number of hydrogen-bond acceptors (Lipinski definition) is 6. The predicted molar refractivity (Wildman–Crippen MR) is 100.0 cm³/mol. The standard InChI is InChI=1S/C19H22N4O6/c1-10-11(2)23(28)18(22(10)8-9-24)14(12-4-6-13(29-3)7-5-12)15-16(25)20-19(27)21-17(15)26/h4-7,14-15,24H,8-9H2,1-3H3,(H2,20,21,25,26,27). The zero-order valence-corrected chi connectivity index (χ0v) is 16.3. The molecule has 0 spiro atoms. The van der Waals surface area contributed by atoms with E-state index in [1.54, 1.807) is 42.7 Å². The Morgan fingerprint density at radius 2 is 1.76 bits per heavy atom. The van der Waals surface area contributed by atoms with E-state index in [1.165, 1.54) is 7.11 Å². The van der Waals surface area contributed by atoms with Gasteiger partial charge in [0.25, 0.3) is 5.82 Å². The summed E-state index contributed by atoms with van der Waals surface area (Å²) >= 11 is 0. The highest BCUT2D eigenvalue weighted by molar-refractivity contribution is 6.16. The number of aliphatic hydroxyl groups excluding tert-OH is 1. The van der Waals surface area contributed by atoms with E-state index in [-0.39, 0.29) is 19.0 Å². The van der Waals surface area contributed by atoms with Crippen molar-refractivity contribution in [2.75, 3.05) is 13.7 Å². The number of nitrogens with zero attached hydrogens (tertiary/aromatic N) is 2. The monoisotopic (exact) mass is 402 g/mol. The minimum atomic E-state index is -1.35. The fourth-order valence-corrected chi connectivity index (χ4v) is 3.61. The van der Waals surface area contributed by atoms with Crippen LogP contribution in [0.1, 0.15) is 28.7 Å². The van der Waals surface area contributed by atoms with Crippen LogP contribution >= 0.6 is 0 Å². The molecule has 1 unspecified atom stereocenters. The molecule has 1 aliphatic rings. The molecule has 1 atom stereocenters. The lowest BCUT2D eigenvalue weighted by atomic mass is 9.83. The molecule has 0 radical (unpaired) electrons. The molecule has 4 amide bonds. The van der Waals surface area contributed by atoms with Gasteiger partial charge in [0.2, 0.25) is 11.8 Å². The van der Waals surface area contributed by atoms with Gasteiger partial charge in [0.1, 0.15) is 35.5 Å². The predicted octanol–water partition coefficient (Wildman–Crippen LogP) is -0.147. The molecule has 3 N–H and O–H groups in total. The normalized spacial score (nSPS) is 15.8. The highest BCUT2D eigenvalue weighted by atomic mass is 16.5. The van der Waals surface area contributed by atoms with Gasteiger partial charge in [-0.05, 0) is 17.7 Å². The number of benzene rings is 1. The summed E-state index contributed by atoms with van der Waals surface area (Å²) < 4.78 is 7.41. The molecule has 0 bridgehead atoms. The number of ether oxygens (including phenoxy) is 1. The van der Waals surface area contributed by atoms with Crippen LogP contribution in [-0.2, 0) is 16.1 Å². The lowest BCUT2D eigenvalue weighted by molar-refractivity contribution is -0.621. The van der Waals surface area contributed by atoms with Crippen LogP contribution < -0.4 is 20.1 Å². The number of amides is 4. The number of hydrogen-bond donors (Lipinski definition) is 3. The third-order valence-electron chi connectivity index (χ3n) is 5.17. The summed E-state index contributed by atoms with van der Waals surface area (Å²) in [5, 5.41) is 26.7. The second kappa shape index (κ2) is 7.92. The van der Waals surface area contributed by atoms with E-state index in [0.717, 1.165) is 0 Å². The van der Waals surface area contributed by atoms with E-state index >= 15 is 0 Å². The highest BCUT2D eigenvalue weighted by Gasteiger charge is 2.47. The first kappa shape index (κ1) is 20.3. The number of imidazole rings is 1. The van der Waals surface area contributed by atoms with Crippen molar-refractivity contribution in [3.8, 4) is 5.75 Å². The van der Waals surface area contributed by atoms with Crippen molar-refractivity contribution in [2.24, 2.45) is 5.92 Å². The van der Waals surface area contributed by atoms with E-state index in [2.05, 4.69) is 10.6 Å². The number of barbiturate groups is 1. The lowest BCUT2D eigenvalue weighted by Gasteiger charge is -2.27.